The molecule has 2 rings (SSSR count). The average Bonchev–Trinajstić information content (AvgIpc) is 2.76. The fourth-order valence-electron chi connectivity index (χ4n) is 3.39. The summed E-state index contributed by atoms with van der Waals surface area (Å²) >= 11 is 18.5. The molecule has 0 aliphatic carbocycles. The number of carbonyl (C=O) groups excluding carboxylic acids is 1. The van der Waals surface area contributed by atoms with Gasteiger partial charge in [-0.3, -0.25) is 4.79 Å². The minimum Gasteiger partial charge on any atom is -0.489 e. The van der Waals surface area contributed by atoms with Gasteiger partial charge in [0.1, 0.15) is 13.2 Å². The number of ketones is 1. The molecule has 2 aromatic rings. The predicted octanol–water partition coefficient (Wildman–Crippen LogP) is 4.88. The summed E-state index contributed by atoms with van der Waals surface area (Å²) in [4.78, 5) is 25.1. The number of carboxylic acid groups (broad SMARTS) is 1. The fraction of sp³-hybridized carbons (Fsp3) is 0.391. The molecule has 0 spiro atoms. The molecule has 0 unspecified atom stereocenters. The second kappa shape index (κ2) is 11.7. The van der Waals surface area contributed by atoms with E-state index in [0.29, 0.717) is 27.4 Å². The van der Waals surface area contributed by atoms with E-state index < -0.39 is 33.9 Å². The van der Waals surface area contributed by atoms with Gasteiger partial charge in [0.25, 0.3) is 0 Å². The third-order valence-corrected chi connectivity index (χ3v) is 7.22. The van der Waals surface area contributed by atoms with Crippen LogP contribution in [0.15, 0.2) is 36.4 Å². The lowest BCUT2D eigenvalue weighted by atomic mass is 9.78. The number of nitrogens with zero attached hydrogens (tertiary/aromatic N) is 2. The Morgan fingerprint density at radius 2 is 1.57 bits per heavy atom. The van der Waals surface area contributed by atoms with Crippen LogP contribution in [0.1, 0.15) is 25.0 Å². The molecular formula is C23H27Cl3N2O6S. The maximum Gasteiger partial charge on any atom is 0.421 e. The van der Waals surface area contributed by atoms with E-state index in [1.165, 1.54) is 0 Å². The topological polar surface area (TPSA) is 104 Å². The van der Waals surface area contributed by atoms with E-state index in [1.54, 1.807) is 24.1 Å². The number of carbonyl (C=O) groups is 2. The lowest BCUT2D eigenvalue weighted by molar-refractivity contribution is -0.117. The van der Waals surface area contributed by atoms with Crippen LogP contribution in [-0.2, 0) is 20.2 Å². The predicted molar refractivity (Wildman–Crippen MR) is 139 cm³/mol. The molecule has 0 bridgehead atoms. The molecule has 1 amide bonds. The Kier molecular flexibility index (Phi) is 9.70. The van der Waals surface area contributed by atoms with Crippen molar-refractivity contribution in [1.29, 1.82) is 0 Å². The van der Waals surface area contributed by atoms with Gasteiger partial charge in [-0.1, -0.05) is 49.2 Å². The summed E-state index contributed by atoms with van der Waals surface area (Å²) < 4.78 is 28.8. The maximum atomic E-state index is 12.3. The van der Waals surface area contributed by atoms with Crippen molar-refractivity contribution < 1.29 is 27.9 Å². The molecule has 1 N–H and O–H groups in total. The fourth-order valence-corrected chi connectivity index (χ4v) is 4.73. The zero-order chi connectivity index (χ0) is 26.6. The molecule has 2 aromatic carbocycles. The van der Waals surface area contributed by atoms with E-state index in [9.17, 15) is 18.0 Å². The zero-order valence-electron chi connectivity index (χ0n) is 19.7. The quantitative estimate of drug-likeness (QED) is 0.387. The van der Waals surface area contributed by atoms with Gasteiger partial charge in [-0.05, 0) is 35.4 Å². The van der Waals surface area contributed by atoms with Gasteiger partial charge in [0.05, 0.1) is 28.7 Å². The van der Waals surface area contributed by atoms with E-state index in [1.807, 2.05) is 38.1 Å². The molecule has 35 heavy (non-hydrogen) atoms. The summed E-state index contributed by atoms with van der Waals surface area (Å²) in [5, 5.41) is 9.81. The number of ether oxygens (including phenoxy) is 1. The molecule has 192 valence electrons. The van der Waals surface area contributed by atoms with Crippen LogP contribution in [0.4, 0.5) is 10.5 Å². The average molecular weight is 566 g/mol. The van der Waals surface area contributed by atoms with Gasteiger partial charge in [0.15, 0.2) is 11.5 Å². The van der Waals surface area contributed by atoms with Crippen LogP contribution in [0.5, 0.6) is 5.75 Å². The third-order valence-electron chi connectivity index (χ3n) is 5.42. The van der Waals surface area contributed by atoms with Crippen LogP contribution in [0.3, 0.4) is 0 Å². The number of hydrogen-bond donors (Lipinski definition) is 1. The lowest BCUT2D eigenvalue weighted by Crippen LogP contribution is -2.41. The van der Waals surface area contributed by atoms with Crippen LogP contribution in [0, 0.1) is 0 Å². The Morgan fingerprint density at radius 1 is 1.03 bits per heavy atom. The summed E-state index contributed by atoms with van der Waals surface area (Å²) in [5.41, 5.74) is 2.05. The van der Waals surface area contributed by atoms with E-state index in [2.05, 4.69) is 0 Å². The van der Waals surface area contributed by atoms with Crippen LogP contribution in [0.25, 0.3) is 0 Å². The number of sulfonamides is 1. The minimum absolute atomic E-state index is 0.122. The van der Waals surface area contributed by atoms with E-state index in [4.69, 9.17) is 44.6 Å². The van der Waals surface area contributed by atoms with Crippen molar-refractivity contribution in [3.05, 3.63) is 57.6 Å². The van der Waals surface area contributed by atoms with Crippen molar-refractivity contribution in [3.8, 4) is 5.75 Å². The number of amides is 1. The van der Waals surface area contributed by atoms with Gasteiger partial charge >= 0.3 is 6.09 Å². The molecule has 0 radical (unpaired) electrons. The number of Topliss-reactive ketones (excluding diaryl/α,β-unsaturated/α-hetero) is 1. The number of rotatable bonds is 11. The Hall–Kier alpha value is -2.20. The van der Waals surface area contributed by atoms with Crippen molar-refractivity contribution >= 4 is 62.4 Å². The molecule has 0 aliphatic rings. The summed E-state index contributed by atoms with van der Waals surface area (Å²) in [6, 6.07) is 11.0. The SMILES string of the molecule is CN(CC(=O)CN(C(=O)O)S(C)(=O)=O)c1ccc(C(C)(C)c2cc(Cl)c(OCCCl)c(Cl)c2)cc1. The van der Waals surface area contributed by atoms with Gasteiger partial charge in [-0.25, -0.2) is 13.2 Å². The highest BCUT2D eigenvalue weighted by Gasteiger charge is 2.27. The van der Waals surface area contributed by atoms with Gasteiger partial charge in [0, 0.05) is 18.2 Å². The molecule has 0 saturated heterocycles. The van der Waals surface area contributed by atoms with Crippen molar-refractivity contribution in [2.24, 2.45) is 0 Å². The molecule has 0 saturated carbocycles. The zero-order valence-corrected chi connectivity index (χ0v) is 22.8. The van der Waals surface area contributed by atoms with Crippen LogP contribution in [-0.4, -0.2) is 68.6 Å². The smallest absolute Gasteiger partial charge is 0.421 e. The summed E-state index contributed by atoms with van der Waals surface area (Å²) in [6.45, 7) is 3.39. The summed E-state index contributed by atoms with van der Waals surface area (Å²) in [5.74, 6) is 0.125. The van der Waals surface area contributed by atoms with Crippen molar-refractivity contribution in [2.45, 2.75) is 19.3 Å². The highest BCUT2D eigenvalue weighted by Crippen LogP contribution is 2.40. The molecule has 0 atom stereocenters. The molecule has 0 fully saturated rings. The Labute approximate surface area is 220 Å². The second-order valence-corrected chi connectivity index (χ2v) is 11.5. The van der Waals surface area contributed by atoms with E-state index in [0.717, 1.165) is 17.4 Å². The van der Waals surface area contributed by atoms with E-state index >= 15 is 0 Å². The highest BCUT2D eigenvalue weighted by atomic mass is 35.5. The number of anilines is 1. The van der Waals surface area contributed by atoms with Gasteiger partial charge in [-0.2, -0.15) is 4.31 Å². The summed E-state index contributed by atoms with van der Waals surface area (Å²) in [7, 11) is -2.40. The first-order valence-corrected chi connectivity index (χ1v) is 13.5. The minimum atomic E-state index is -4.06. The Balaban J connectivity index is 2.18. The standard InChI is InChI=1S/C23H27Cl3N2O6S/c1-23(2,16-11-19(25)21(20(26)12-16)34-10-9-24)15-5-7-17(8-6-15)27(3)13-18(29)14-28(22(30)31)35(4,32)33/h5-8,11-12H,9-10,13-14H2,1-4H3,(H,30,31). The van der Waals surface area contributed by atoms with Gasteiger partial charge in [0.2, 0.25) is 10.0 Å². The first-order chi connectivity index (χ1) is 16.2. The van der Waals surface area contributed by atoms with Crippen molar-refractivity contribution in [3.63, 3.8) is 0 Å². The number of likely N-dealkylation sites (N-methyl/N-ethyl adjacent to an activating group) is 1. The number of hydrogen-bond acceptors (Lipinski definition) is 6. The highest BCUT2D eigenvalue weighted by molar-refractivity contribution is 7.88. The number of halogens is 3. The molecule has 8 nitrogen and oxygen atoms in total. The van der Waals surface area contributed by atoms with Crippen LogP contribution in [0.2, 0.25) is 10.0 Å². The normalized spacial score (nSPS) is 11.7. The van der Waals surface area contributed by atoms with Gasteiger partial charge < -0.3 is 14.7 Å². The van der Waals surface area contributed by atoms with Crippen molar-refractivity contribution in [1.82, 2.24) is 4.31 Å². The molecular weight excluding hydrogens is 539 g/mol. The number of benzene rings is 2. The third kappa shape index (κ3) is 7.39. The van der Waals surface area contributed by atoms with Crippen LogP contribution >= 0.6 is 34.8 Å². The summed E-state index contributed by atoms with van der Waals surface area (Å²) in [6.07, 6.45) is -0.965. The number of alkyl halides is 1. The molecule has 0 aliphatic heterocycles. The largest absolute Gasteiger partial charge is 0.489 e. The Morgan fingerprint density at radius 3 is 2.03 bits per heavy atom. The van der Waals surface area contributed by atoms with E-state index in [-0.39, 0.29) is 17.5 Å². The first kappa shape index (κ1) is 29.0. The van der Waals surface area contributed by atoms with Crippen LogP contribution < -0.4 is 9.64 Å². The first-order valence-electron chi connectivity index (χ1n) is 10.4. The lowest BCUT2D eigenvalue weighted by Gasteiger charge is -2.28. The monoisotopic (exact) mass is 564 g/mol. The van der Waals surface area contributed by atoms with Gasteiger partial charge in [-0.15, -0.1) is 11.6 Å². The maximum absolute atomic E-state index is 12.3. The molecule has 0 aromatic heterocycles. The van der Waals surface area contributed by atoms with Crippen molar-refractivity contribution in [2.75, 3.05) is 43.8 Å². The molecule has 0 heterocycles. The Bertz CT molecular complexity index is 1160. The molecule has 12 heteroatoms. The second-order valence-electron chi connectivity index (χ2n) is 8.43.